The van der Waals surface area contributed by atoms with Gasteiger partial charge in [0.15, 0.2) is 5.58 Å². The summed E-state index contributed by atoms with van der Waals surface area (Å²) in [5.41, 5.74) is 14.7. The van der Waals surface area contributed by atoms with E-state index in [1.807, 2.05) is 11.3 Å². The Labute approximate surface area is 345 Å². The van der Waals surface area contributed by atoms with Crippen molar-refractivity contribution in [3.63, 3.8) is 0 Å². The van der Waals surface area contributed by atoms with Crippen molar-refractivity contribution in [1.29, 1.82) is 0 Å². The van der Waals surface area contributed by atoms with E-state index in [4.69, 9.17) is 4.42 Å². The predicted molar refractivity (Wildman–Crippen MR) is 253 cm³/mol. The van der Waals surface area contributed by atoms with Crippen LogP contribution < -0.4 is 0 Å². The van der Waals surface area contributed by atoms with Crippen molar-refractivity contribution in [2.75, 3.05) is 0 Å². The van der Waals surface area contributed by atoms with Crippen LogP contribution >= 0.6 is 11.3 Å². The van der Waals surface area contributed by atoms with Crippen molar-refractivity contribution >= 4 is 86.3 Å². The van der Waals surface area contributed by atoms with Gasteiger partial charge < -0.3 is 13.6 Å². The normalized spacial score (nSPS) is 13.5. The second-order valence-corrected chi connectivity index (χ2v) is 21.9. The number of rotatable bonds is 2. The van der Waals surface area contributed by atoms with E-state index in [0.29, 0.717) is 0 Å². The first-order valence-electron chi connectivity index (χ1n) is 20.8. The highest BCUT2D eigenvalue weighted by molar-refractivity contribution is 7.26. The molecule has 4 aromatic heterocycles. The molecule has 0 aliphatic carbocycles. The lowest BCUT2D eigenvalue weighted by molar-refractivity contribution is 0.590. The van der Waals surface area contributed by atoms with Crippen LogP contribution in [0, 0.1) is 0 Å². The fourth-order valence-corrected chi connectivity index (χ4v) is 10.2. The fraction of sp³-hybridized carbons (Fsp3) is 0.296. The van der Waals surface area contributed by atoms with Crippen LogP contribution in [0.1, 0.15) is 105 Å². The zero-order valence-corrected chi connectivity index (χ0v) is 36.9. The van der Waals surface area contributed by atoms with E-state index < -0.39 is 0 Å². The van der Waals surface area contributed by atoms with E-state index in [9.17, 15) is 0 Å². The Balaban J connectivity index is 1.12. The van der Waals surface area contributed by atoms with E-state index in [2.05, 4.69) is 201 Å². The number of aromatic nitrogens is 2. The van der Waals surface area contributed by atoms with Crippen molar-refractivity contribution in [2.45, 2.75) is 105 Å². The van der Waals surface area contributed by atoms with Crippen LogP contribution in [-0.4, -0.2) is 9.13 Å². The molecule has 0 bridgehead atoms. The van der Waals surface area contributed by atoms with E-state index in [1.165, 1.54) is 81.0 Å². The quantitative estimate of drug-likeness (QED) is 0.171. The van der Waals surface area contributed by atoms with Gasteiger partial charge in [0.05, 0.1) is 26.8 Å². The molecule has 0 N–H and O–H groups in total. The summed E-state index contributed by atoms with van der Waals surface area (Å²) in [6.45, 7) is 27.6. The van der Waals surface area contributed by atoms with Crippen LogP contribution in [0.15, 0.2) is 114 Å². The molecule has 4 heteroatoms. The van der Waals surface area contributed by atoms with E-state index in [1.54, 1.807) is 0 Å². The SMILES string of the molecule is CC(C)(C)c1ccc2c(c1)c1cc(C(C)(C)C)ccc1n2-c1ccc2c(c1)oc1c3ccc(-n4c5ccc(C(C)(C)C)cc5c5cc(C(C)(C)C)ccc54)cc3sc21. The molecule has 0 saturated heterocycles. The number of furan rings is 1. The van der Waals surface area contributed by atoms with Crippen molar-refractivity contribution in [3.8, 4) is 11.4 Å². The lowest BCUT2D eigenvalue weighted by atomic mass is 9.85. The average molecular weight is 779 g/mol. The molecule has 10 aromatic rings. The molecule has 0 atom stereocenters. The first-order valence-corrected chi connectivity index (χ1v) is 21.7. The Bertz CT molecular complexity index is 2950. The summed E-state index contributed by atoms with van der Waals surface area (Å²) in [6, 6.07) is 41.9. The number of thiophene rings is 1. The second kappa shape index (κ2) is 12.1. The Morgan fingerprint density at radius 3 is 1.12 bits per heavy atom. The molecule has 0 saturated carbocycles. The molecule has 0 aliphatic rings. The molecule has 3 nitrogen and oxygen atoms in total. The van der Waals surface area contributed by atoms with Gasteiger partial charge >= 0.3 is 0 Å². The molecule has 0 spiro atoms. The third kappa shape index (κ3) is 5.66. The molecule has 4 heterocycles. The van der Waals surface area contributed by atoms with Gasteiger partial charge in [-0.2, -0.15) is 0 Å². The minimum absolute atomic E-state index is 0.0579. The highest BCUT2D eigenvalue weighted by Gasteiger charge is 2.24. The van der Waals surface area contributed by atoms with Crippen molar-refractivity contribution < 1.29 is 4.42 Å². The number of benzene rings is 6. The molecule has 0 radical (unpaired) electrons. The second-order valence-electron chi connectivity index (χ2n) is 20.8. The highest BCUT2D eigenvalue weighted by atomic mass is 32.1. The summed E-state index contributed by atoms with van der Waals surface area (Å²) in [6.07, 6.45) is 0. The summed E-state index contributed by atoms with van der Waals surface area (Å²) in [4.78, 5) is 0. The standard InChI is InChI=1S/C54H54N2OS/c1-51(2,3)31-13-21-43-39(25-31)40-26-32(52(4,5)6)14-22-44(40)55(43)35-17-19-37-47(29-35)57-49-38-20-18-36(30-48(38)58-50(37)49)56-45-23-15-33(53(7,8)9)27-41(45)42-28-34(54(10,11)12)16-24-46(42)56/h13-30H,1-12H3. The van der Waals surface area contributed by atoms with Gasteiger partial charge in [0.25, 0.3) is 0 Å². The molecule has 6 aromatic carbocycles. The Morgan fingerprint density at radius 2 is 0.741 bits per heavy atom. The summed E-state index contributed by atoms with van der Waals surface area (Å²) < 4.78 is 14.2. The van der Waals surface area contributed by atoms with Crippen LogP contribution in [0.3, 0.4) is 0 Å². The van der Waals surface area contributed by atoms with E-state index in [-0.39, 0.29) is 21.7 Å². The number of fused-ring (bicyclic) bond motifs is 11. The first kappa shape index (κ1) is 37.0. The predicted octanol–water partition coefficient (Wildman–Crippen LogP) is 16.2. The fourth-order valence-electron chi connectivity index (χ4n) is 8.98. The maximum Gasteiger partial charge on any atom is 0.154 e. The Hall–Kier alpha value is -5.32. The molecule has 0 unspecified atom stereocenters. The minimum atomic E-state index is 0.0579. The minimum Gasteiger partial charge on any atom is -0.454 e. The van der Waals surface area contributed by atoms with Crippen LogP contribution in [0.25, 0.3) is 86.3 Å². The molecular formula is C54H54N2OS. The molecule has 292 valence electrons. The zero-order chi connectivity index (χ0) is 40.8. The van der Waals surface area contributed by atoms with Gasteiger partial charge in [-0.1, -0.05) is 107 Å². The molecule has 0 amide bonds. The van der Waals surface area contributed by atoms with E-state index >= 15 is 0 Å². The van der Waals surface area contributed by atoms with Gasteiger partial charge in [-0.05, 0) is 123 Å². The van der Waals surface area contributed by atoms with Crippen molar-refractivity contribution in [2.24, 2.45) is 0 Å². The lowest BCUT2D eigenvalue weighted by Crippen LogP contribution is -2.10. The summed E-state index contributed by atoms with van der Waals surface area (Å²) in [7, 11) is 0. The van der Waals surface area contributed by atoms with Crippen LogP contribution in [0.2, 0.25) is 0 Å². The number of hydrogen-bond donors (Lipinski definition) is 0. The molecule has 58 heavy (non-hydrogen) atoms. The zero-order valence-electron chi connectivity index (χ0n) is 36.1. The molecule has 10 rings (SSSR count). The molecular weight excluding hydrogens is 725 g/mol. The number of hydrogen-bond acceptors (Lipinski definition) is 2. The summed E-state index contributed by atoms with van der Waals surface area (Å²) in [5, 5.41) is 7.53. The summed E-state index contributed by atoms with van der Waals surface area (Å²) in [5.74, 6) is 0. The third-order valence-corrected chi connectivity index (χ3v) is 13.7. The monoisotopic (exact) mass is 778 g/mol. The maximum atomic E-state index is 6.85. The van der Waals surface area contributed by atoms with Crippen LogP contribution in [0.5, 0.6) is 0 Å². The Morgan fingerprint density at radius 1 is 0.379 bits per heavy atom. The molecule has 0 fully saturated rings. The lowest BCUT2D eigenvalue weighted by Gasteiger charge is -2.19. The number of nitrogens with zero attached hydrogens (tertiary/aromatic N) is 2. The van der Waals surface area contributed by atoms with Gasteiger partial charge in [0, 0.05) is 54.5 Å². The maximum absolute atomic E-state index is 6.85. The molecule has 0 aliphatic heterocycles. The average Bonchev–Trinajstić information content (AvgIpc) is 3.88. The van der Waals surface area contributed by atoms with E-state index in [0.717, 1.165) is 27.6 Å². The smallest absolute Gasteiger partial charge is 0.154 e. The van der Waals surface area contributed by atoms with Gasteiger partial charge in [0.2, 0.25) is 0 Å². The van der Waals surface area contributed by atoms with Crippen LogP contribution in [-0.2, 0) is 21.7 Å². The van der Waals surface area contributed by atoms with Gasteiger partial charge in [-0.25, -0.2) is 0 Å². The first-order chi connectivity index (χ1) is 27.3. The van der Waals surface area contributed by atoms with Crippen molar-refractivity contribution in [3.05, 3.63) is 131 Å². The van der Waals surface area contributed by atoms with Crippen molar-refractivity contribution in [1.82, 2.24) is 9.13 Å². The van der Waals surface area contributed by atoms with Gasteiger partial charge in [0.1, 0.15) is 5.58 Å². The topological polar surface area (TPSA) is 23.0 Å². The third-order valence-electron chi connectivity index (χ3n) is 12.6. The summed E-state index contributed by atoms with van der Waals surface area (Å²) >= 11 is 1.83. The largest absolute Gasteiger partial charge is 0.454 e. The highest BCUT2D eigenvalue weighted by Crippen LogP contribution is 2.45. The Kier molecular flexibility index (Phi) is 7.72. The van der Waals surface area contributed by atoms with Gasteiger partial charge in [-0.3, -0.25) is 0 Å². The van der Waals surface area contributed by atoms with Gasteiger partial charge in [-0.15, -0.1) is 11.3 Å². The van der Waals surface area contributed by atoms with Crippen LogP contribution in [0.4, 0.5) is 0 Å².